The molecule has 0 aliphatic rings. The molecule has 3 aromatic rings. The lowest BCUT2D eigenvalue weighted by molar-refractivity contribution is 0.0433. The lowest BCUT2D eigenvalue weighted by Gasteiger charge is -2.16. The quantitative estimate of drug-likeness (QED) is 0.520. The number of aliphatic hydroxyl groups is 1. The van der Waals surface area contributed by atoms with Gasteiger partial charge in [-0.3, -0.25) is 9.78 Å². The minimum atomic E-state index is -0.528. The Morgan fingerprint density at radius 3 is 2.57 bits per heavy atom. The van der Waals surface area contributed by atoms with E-state index in [0.29, 0.717) is 16.8 Å². The minimum Gasteiger partial charge on any atom is -0.460 e. The van der Waals surface area contributed by atoms with E-state index >= 15 is 0 Å². The summed E-state index contributed by atoms with van der Waals surface area (Å²) in [5, 5.41) is 11.7. The van der Waals surface area contributed by atoms with Crippen molar-refractivity contribution in [2.45, 2.75) is 13.0 Å². The lowest BCUT2D eigenvalue weighted by Crippen LogP contribution is -2.14. The number of carbonyl (C=O) groups excluding carboxylic acids is 2. The number of aromatic nitrogens is 1. The molecular weight excluding hydrogens is 382 g/mol. The number of nitrogens with two attached hydrogens (primary N) is 1. The predicted octanol–water partition coefficient (Wildman–Crippen LogP) is 3.17. The summed E-state index contributed by atoms with van der Waals surface area (Å²) in [5.74, 6) is -0.794. The topological polar surface area (TPSA) is 115 Å². The molecule has 1 aromatic heterocycles. The number of carbonyl (C=O) groups is 2. The highest BCUT2D eigenvalue weighted by atomic mass is 16.5. The van der Waals surface area contributed by atoms with E-state index in [-0.39, 0.29) is 25.2 Å². The van der Waals surface area contributed by atoms with E-state index in [4.69, 9.17) is 15.6 Å². The Hall–Kier alpha value is -3.55. The summed E-state index contributed by atoms with van der Waals surface area (Å²) in [6.45, 7) is 1.54. The van der Waals surface area contributed by atoms with Crippen LogP contribution in [0.3, 0.4) is 0 Å². The van der Waals surface area contributed by atoms with Gasteiger partial charge in [0.15, 0.2) is 0 Å². The molecule has 1 heterocycles. The Morgan fingerprint density at radius 1 is 1.10 bits per heavy atom. The van der Waals surface area contributed by atoms with Crippen molar-refractivity contribution in [2.24, 2.45) is 5.73 Å². The molecule has 2 aromatic carbocycles. The number of anilines is 1. The molecule has 0 saturated heterocycles. The lowest BCUT2D eigenvalue weighted by atomic mass is 9.92. The van der Waals surface area contributed by atoms with Gasteiger partial charge in [-0.15, -0.1) is 0 Å². The number of amides is 1. The third kappa shape index (κ3) is 5.08. The van der Waals surface area contributed by atoms with Crippen LogP contribution in [0.25, 0.3) is 11.1 Å². The number of ether oxygens (including phenoxy) is 1. The van der Waals surface area contributed by atoms with Crippen LogP contribution in [0.2, 0.25) is 0 Å². The first-order valence-electron chi connectivity index (χ1n) is 9.49. The van der Waals surface area contributed by atoms with Crippen molar-refractivity contribution in [3.05, 3.63) is 83.7 Å². The fourth-order valence-corrected chi connectivity index (χ4v) is 3.02. The first-order chi connectivity index (χ1) is 14.5. The third-order valence-corrected chi connectivity index (χ3v) is 4.48. The number of nitrogens with zero attached hydrogens (tertiary/aromatic N) is 1. The molecule has 154 valence electrons. The largest absolute Gasteiger partial charge is 0.460 e. The maximum Gasteiger partial charge on any atom is 0.338 e. The summed E-state index contributed by atoms with van der Waals surface area (Å²) < 4.78 is 4.99. The highest BCUT2D eigenvalue weighted by Crippen LogP contribution is 2.30. The van der Waals surface area contributed by atoms with E-state index in [1.54, 1.807) is 54.9 Å². The molecule has 0 bridgehead atoms. The van der Waals surface area contributed by atoms with Crippen LogP contribution in [-0.2, 0) is 4.74 Å². The van der Waals surface area contributed by atoms with Crippen LogP contribution in [0.5, 0.6) is 0 Å². The molecule has 7 heteroatoms. The van der Waals surface area contributed by atoms with Gasteiger partial charge in [0, 0.05) is 29.7 Å². The number of hydrogen-bond donors (Lipinski definition) is 3. The zero-order valence-electron chi connectivity index (χ0n) is 16.5. The van der Waals surface area contributed by atoms with Crippen molar-refractivity contribution >= 4 is 17.6 Å². The van der Waals surface area contributed by atoms with Gasteiger partial charge in [0.1, 0.15) is 6.61 Å². The molecule has 4 N–H and O–H groups in total. The van der Waals surface area contributed by atoms with Crippen molar-refractivity contribution in [1.29, 1.82) is 0 Å². The maximum atomic E-state index is 12.7. The molecule has 1 unspecified atom stereocenters. The molecule has 0 radical (unpaired) electrons. The first-order valence-corrected chi connectivity index (χ1v) is 9.49. The van der Waals surface area contributed by atoms with Crippen LogP contribution in [0.4, 0.5) is 5.69 Å². The molecule has 3 rings (SSSR count). The van der Waals surface area contributed by atoms with E-state index in [0.717, 1.165) is 16.7 Å². The molecule has 1 atom stereocenters. The number of nitrogens with one attached hydrogen (secondary N) is 1. The van der Waals surface area contributed by atoms with Gasteiger partial charge < -0.3 is 20.9 Å². The van der Waals surface area contributed by atoms with E-state index in [9.17, 15) is 9.59 Å². The summed E-state index contributed by atoms with van der Waals surface area (Å²) in [6.07, 6.45) is 3.20. The second-order valence-electron chi connectivity index (χ2n) is 6.72. The van der Waals surface area contributed by atoms with Crippen LogP contribution >= 0.6 is 0 Å². The average Bonchev–Trinajstić information content (AvgIpc) is 2.77. The van der Waals surface area contributed by atoms with Gasteiger partial charge in [-0.25, -0.2) is 4.79 Å². The Bertz CT molecular complexity index is 1040. The molecule has 0 aliphatic heterocycles. The van der Waals surface area contributed by atoms with Gasteiger partial charge in [0.25, 0.3) is 5.91 Å². The third-order valence-electron chi connectivity index (χ3n) is 4.48. The molecule has 7 nitrogen and oxygen atoms in total. The predicted molar refractivity (Wildman–Crippen MR) is 114 cm³/mol. The van der Waals surface area contributed by atoms with E-state index in [1.807, 2.05) is 19.1 Å². The van der Waals surface area contributed by atoms with Crippen molar-refractivity contribution in [3.8, 4) is 11.1 Å². The minimum absolute atomic E-state index is 0.0706. The normalized spacial score (nSPS) is 11.6. The highest BCUT2D eigenvalue weighted by molar-refractivity contribution is 6.05. The zero-order chi connectivity index (χ0) is 21.5. The molecule has 0 fully saturated rings. The van der Waals surface area contributed by atoms with Crippen molar-refractivity contribution in [3.63, 3.8) is 0 Å². The monoisotopic (exact) mass is 405 g/mol. The maximum absolute atomic E-state index is 12.7. The molecule has 0 aliphatic carbocycles. The number of esters is 1. The van der Waals surface area contributed by atoms with Gasteiger partial charge in [-0.1, -0.05) is 18.2 Å². The number of benzene rings is 2. The Morgan fingerprint density at radius 2 is 1.87 bits per heavy atom. The van der Waals surface area contributed by atoms with Gasteiger partial charge in [-0.05, 0) is 60.0 Å². The summed E-state index contributed by atoms with van der Waals surface area (Å²) >= 11 is 0. The van der Waals surface area contributed by atoms with E-state index < -0.39 is 5.97 Å². The first kappa shape index (κ1) is 21.2. The SMILES string of the molecule is CC(N)c1ccc(C(=O)Nc2ccncc2)cc1-c1cccc(C(=O)OCCO)c1. The second-order valence-corrected chi connectivity index (χ2v) is 6.72. The van der Waals surface area contributed by atoms with Gasteiger partial charge >= 0.3 is 5.97 Å². The molecule has 1 amide bonds. The Balaban J connectivity index is 1.96. The Kier molecular flexibility index (Phi) is 6.90. The summed E-state index contributed by atoms with van der Waals surface area (Å²) in [4.78, 5) is 28.8. The number of pyridine rings is 1. The van der Waals surface area contributed by atoms with Crippen molar-refractivity contribution in [1.82, 2.24) is 4.98 Å². The average molecular weight is 405 g/mol. The molecular formula is C23H23N3O4. The smallest absolute Gasteiger partial charge is 0.338 e. The van der Waals surface area contributed by atoms with Crippen LogP contribution in [0.1, 0.15) is 39.2 Å². The fourth-order valence-electron chi connectivity index (χ4n) is 3.02. The van der Waals surface area contributed by atoms with Gasteiger partial charge in [0.05, 0.1) is 12.2 Å². The second kappa shape index (κ2) is 9.78. The Labute approximate surface area is 174 Å². The van der Waals surface area contributed by atoms with Crippen LogP contribution in [0, 0.1) is 0 Å². The summed E-state index contributed by atoms with van der Waals surface area (Å²) in [5.41, 5.74) is 9.92. The molecule has 30 heavy (non-hydrogen) atoms. The van der Waals surface area contributed by atoms with E-state index in [1.165, 1.54) is 0 Å². The fraction of sp³-hybridized carbons (Fsp3) is 0.174. The molecule has 0 saturated carbocycles. The van der Waals surface area contributed by atoms with Gasteiger partial charge in [0.2, 0.25) is 0 Å². The van der Waals surface area contributed by atoms with Crippen molar-refractivity contribution in [2.75, 3.05) is 18.5 Å². The van der Waals surface area contributed by atoms with Crippen LogP contribution in [-0.4, -0.2) is 35.2 Å². The number of hydrogen-bond acceptors (Lipinski definition) is 6. The highest BCUT2D eigenvalue weighted by Gasteiger charge is 2.15. The standard InChI is InChI=1S/C23H23N3O4/c1-15(24)20-6-5-17(22(28)26-19-7-9-25-10-8-19)14-21(20)16-3-2-4-18(13-16)23(29)30-12-11-27/h2-10,13-15,27H,11-12,24H2,1H3,(H,25,26,28). The summed E-state index contributed by atoms with van der Waals surface area (Å²) in [7, 11) is 0. The number of aliphatic hydroxyl groups excluding tert-OH is 1. The van der Waals surface area contributed by atoms with Crippen LogP contribution in [0.15, 0.2) is 67.0 Å². The van der Waals surface area contributed by atoms with Crippen molar-refractivity contribution < 1.29 is 19.4 Å². The summed E-state index contributed by atoms with van der Waals surface area (Å²) in [6, 6.07) is 15.3. The molecule has 0 spiro atoms. The van der Waals surface area contributed by atoms with E-state index in [2.05, 4.69) is 10.3 Å². The zero-order valence-corrected chi connectivity index (χ0v) is 16.5. The van der Waals surface area contributed by atoms with Crippen LogP contribution < -0.4 is 11.1 Å². The van der Waals surface area contributed by atoms with Gasteiger partial charge in [-0.2, -0.15) is 0 Å². The number of rotatable bonds is 7.